The molecule has 0 aromatic rings. The van der Waals surface area contributed by atoms with Crippen LogP contribution < -0.4 is 0 Å². The van der Waals surface area contributed by atoms with E-state index in [1.54, 1.807) is 0 Å². The Morgan fingerprint density at radius 3 is 1.36 bits per heavy atom. The molecule has 2 aliphatic rings. The van der Waals surface area contributed by atoms with Crippen molar-refractivity contribution in [2.75, 3.05) is 33.0 Å². The highest BCUT2D eigenvalue weighted by atomic mass is 16.7. The molecule has 0 radical (unpaired) electrons. The molecule has 14 heteroatoms. The number of allylic oxidation sites excluding steroid dienone is 14. The highest BCUT2D eigenvalue weighted by Crippen LogP contribution is 2.26. The van der Waals surface area contributed by atoms with Crippen molar-refractivity contribution >= 4 is 5.97 Å². The summed E-state index contributed by atoms with van der Waals surface area (Å²) in [5.74, 6) is -0.392. The van der Waals surface area contributed by atoms with Crippen molar-refractivity contribution in [1.29, 1.82) is 0 Å². The zero-order valence-electron chi connectivity index (χ0n) is 46.3. The second-order valence-corrected chi connectivity index (χ2v) is 20.1. The van der Waals surface area contributed by atoms with Gasteiger partial charge in [0.15, 0.2) is 12.6 Å². The van der Waals surface area contributed by atoms with Gasteiger partial charge in [0.2, 0.25) is 0 Å². The van der Waals surface area contributed by atoms with Crippen LogP contribution in [-0.4, -0.2) is 142 Å². The van der Waals surface area contributed by atoms with Gasteiger partial charge in [-0.05, 0) is 89.9 Å². The first-order chi connectivity index (χ1) is 36.6. The normalized spacial score (nSPS) is 25.2. The van der Waals surface area contributed by atoms with Crippen LogP contribution >= 0.6 is 0 Å². The number of ether oxygens (including phenoxy) is 6. The highest BCUT2D eigenvalue weighted by molar-refractivity contribution is 5.69. The van der Waals surface area contributed by atoms with E-state index in [4.69, 9.17) is 28.4 Å². The maximum absolute atomic E-state index is 13.1. The van der Waals surface area contributed by atoms with Gasteiger partial charge in [0, 0.05) is 13.0 Å². The number of rotatable bonds is 46. The minimum absolute atomic E-state index is 0.0381. The number of aliphatic hydroxyl groups is 7. The molecule has 75 heavy (non-hydrogen) atoms. The van der Waals surface area contributed by atoms with Gasteiger partial charge in [-0.3, -0.25) is 4.79 Å². The fourth-order valence-electron chi connectivity index (χ4n) is 8.69. The Labute approximate surface area is 452 Å². The lowest BCUT2D eigenvalue weighted by molar-refractivity contribution is -0.332. The van der Waals surface area contributed by atoms with Gasteiger partial charge in [0.25, 0.3) is 0 Å². The van der Waals surface area contributed by atoms with E-state index in [0.717, 1.165) is 96.3 Å². The maximum Gasteiger partial charge on any atom is 0.306 e. The van der Waals surface area contributed by atoms with Crippen molar-refractivity contribution in [1.82, 2.24) is 0 Å². The summed E-state index contributed by atoms with van der Waals surface area (Å²) in [6, 6.07) is 0. The number of hydrogen-bond acceptors (Lipinski definition) is 14. The van der Waals surface area contributed by atoms with Crippen LogP contribution in [0.2, 0.25) is 0 Å². The second kappa shape index (κ2) is 47.2. The Balaban J connectivity index is 1.74. The van der Waals surface area contributed by atoms with Gasteiger partial charge in [0.05, 0.1) is 26.4 Å². The standard InChI is InChI=1S/C61H104O14/c1-3-5-7-9-11-13-15-17-19-21-23-25-26-28-30-32-34-36-38-40-42-44-53(63)73-50(47-70-45-43-41-39-37-35-33-31-29-27-24-22-20-18-16-14-12-10-8-6-4-2)48-71-60-59(69)57(67)55(65)52(75-60)49-72-61-58(68)56(66)54(64)51(46-62)74-61/h6,8,12,14-15,17-18,20-21,23-24,27,31,33,50-52,54-62,64-69H,3-5,7,9-11,13,16,19,22,25-26,28-30,32,34-49H2,1-2H3/b8-6-,14-12-,17-15-,20-18-,23-21-,27-24-,33-31-. The Kier molecular flexibility index (Phi) is 43.0. The fraction of sp³-hybridized carbons (Fsp3) is 0.754. The predicted octanol–water partition coefficient (Wildman–Crippen LogP) is 10.4. The molecule has 0 saturated carbocycles. The molecule has 0 spiro atoms. The predicted molar refractivity (Wildman–Crippen MR) is 298 cm³/mol. The van der Waals surface area contributed by atoms with Crippen molar-refractivity contribution in [3.05, 3.63) is 85.1 Å². The Morgan fingerprint density at radius 2 is 0.867 bits per heavy atom. The lowest BCUT2D eigenvalue weighted by Crippen LogP contribution is -2.61. The van der Waals surface area contributed by atoms with Crippen LogP contribution in [0.3, 0.4) is 0 Å². The molecule has 2 rings (SSSR count). The van der Waals surface area contributed by atoms with Crippen LogP contribution in [0, 0.1) is 0 Å². The number of carbonyl (C=O) groups excluding carboxylic acids is 1. The van der Waals surface area contributed by atoms with Crippen LogP contribution in [-0.2, 0) is 33.2 Å². The third-order valence-electron chi connectivity index (χ3n) is 13.4. The maximum atomic E-state index is 13.1. The first-order valence-corrected chi connectivity index (χ1v) is 29.2. The van der Waals surface area contributed by atoms with Gasteiger partial charge >= 0.3 is 5.97 Å². The van der Waals surface area contributed by atoms with Gasteiger partial charge in [-0.15, -0.1) is 0 Å². The van der Waals surface area contributed by atoms with Crippen LogP contribution in [0.15, 0.2) is 85.1 Å². The highest BCUT2D eigenvalue weighted by Gasteiger charge is 2.47. The van der Waals surface area contributed by atoms with E-state index in [0.29, 0.717) is 13.0 Å². The molecule has 2 aliphatic heterocycles. The van der Waals surface area contributed by atoms with E-state index in [1.165, 1.54) is 70.6 Å². The molecule has 2 saturated heterocycles. The average Bonchev–Trinajstić information content (AvgIpc) is 3.41. The van der Waals surface area contributed by atoms with Gasteiger partial charge < -0.3 is 64.2 Å². The van der Waals surface area contributed by atoms with Gasteiger partial charge in [-0.2, -0.15) is 0 Å². The summed E-state index contributed by atoms with van der Waals surface area (Å²) in [6.07, 6.45) is 44.9. The van der Waals surface area contributed by atoms with E-state index in [2.05, 4.69) is 98.9 Å². The molecule has 2 fully saturated rings. The molecule has 0 amide bonds. The number of aliphatic hydroxyl groups excluding tert-OH is 7. The molecule has 11 atom stereocenters. The van der Waals surface area contributed by atoms with Gasteiger partial charge in [-0.1, -0.05) is 182 Å². The van der Waals surface area contributed by atoms with E-state index in [-0.39, 0.29) is 19.6 Å². The van der Waals surface area contributed by atoms with E-state index >= 15 is 0 Å². The second-order valence-electron chi connectivity index (χ2n) is 20.1. The van der Waals surface area contributed by atoms with E-state index in [1.807, 2.05) is 0 Å². The summed E-state index contributed by atoms with van der Waals surface area (Å²) >= 11 is 0. The van der Waals surface area contributed by atoms with Crippen LogP contribution in [0.25, 0.3) is 0 Å². The summed E-state index contributed by atoms with van der Waals surface area (Å²) in [5.41, 5.74) is 0. The molecular formula is C61H104O14. The summed E-state index contributed by atoms with van der Waals surface area (Å²) in [6.45, 7) is 3.49. The molecule has 0 bridgehead atoms. The summed E-state index contributed by atoms with van der Waals surface area (Å²) in [5, 5.41) is 72.4. The first kappa shape index (κ1) is 68.3. The van der Waals surface area contributed by atoms with Crippen LogP contribution in [0.5, 0.6) is 0 Å². The fourth-order valence-corrected chi connectivity index (χ4v) is 8.69. The lowest BCUT2D eigenvalue weighted by Gasteiger charge is -2.42. The molecule has 11 unspecified atom stereocenters. The number of unbranched alkanes of at least 4 members (excludes halogenated alkanes) is 18. The third-order valence-corrected chi connectivity index (χ3v) is 13.4. The van der Waals surface area contributed by atoms with E-state index < -0.39 is 86.7 Å². The van der Waals surface area contributed by atoms with Crippen LogP contribution in [0.1, 0.15) is 194 Å². The number of carbonyl (C=O) groups is 1. The third kappa shape index (κ3) is 33.9. The summed E-state index contributed by atoms with van der Waals surface area (Å²) in [7, 11) is 0. The van der Waals surface area contributed by atoms with Crippen molar-refractivity contribution < 1.29 is 69.0 Å². The van der Waals surface area contributed by atoms with E-state index in [9.17, 15) is 40.5 Å². The minimum Gasteiger partial charge on any atom is -0.457 e. The van der Waals surface area contributed by atoms with Gasteiger partial charge in [0.1, 0.15) is 54.9 Å². The van der Waals surface area contributed by atoms with Crippen molar-refractivity contribution in [3.63, 3.8) is 0 Å². The molecule has 2 heterocycles. The van der Waals surface area contributed by atoms with Crippen molar-refractivity contribution in [3.8, 4) is 0 Å². The molecule has 0 aliphatic carbocycles. The zero-order valence-corrected chi connectivity index (χ0v) is 46.3. The number of hydrogen-bond donors (Lipinski definition) is 7. The Morgan fingerprint density at radius 1 is 0.453 bits per heavy atom. The quantitative estimate of drug-likeness (QED) is 0.0172. The summed E-state index contributed by atoms with van der Waals surface area (Å²) < 4.78 is 34.4. The number of esters is 1. The van der Waals surface area contributed by atoms with Crippen molar-refractivity contribution in [2.24, 2.45) is 0 Å². The first-order valence-electron chi connectivity index (χ1n) is 29.2. The SMILES string of the molecule is CC/C=C\C/C=C\C/C=C\C/C=C\C/C=C\CCCCCCOCC(COC1OC(COC2OC(CO)C(O)C(O)C2O)C(O)C(O)C1O)OC(=O)CCCCCCCCCCC/C=C\C/C=C\CCCCCCC. The van der Waals surface area contributed by atoms with Gasteiger partial charge in [-0.25, -0.2) is 0 Å². The minimum atomic E-state index is -1.72. The van der Waals surface area contributed by atoms with Crippen molar-refractivity contribution in [2.45, 2.75) is 261 Å². The lowest BCUT2D eigenvalue weighted by atomic mass is 9.98. The molecule has 0 aromatic heterocycles. The average molecular weight is 1060 g/mol. The van der Waals surface area contributed by atoms with Crippen LogP contribution in [0.4, 0.5) is 0 Å². The monoisotopic (exact) mass is 1060 g/mol. The Bertz CT molecular complexity index is 1560. The molecular weight excluding hydrogens is 957 g/mol. The molecule has 432 valence electrons. The Hall–Kier alpha value is -2.83. The molecule has 14 nitrogen and oxygen atoms in total. The topological polar surface area (TPSA) is 214 Å². The summed E-state index contributed by atoms with van der Waals surface area (Å²) in [4.78, 5) is 13.1. The smallest absolute Gasteiger partial charge is 0.306 e. The zero-order chi connectivity index (χ0) is 54.4. The largest absolute Gasteiger partial charge is 0.457 e. The molecule has 7 N–H and O–H groups in total. The molecule has 0 aromatic carbocycles.